The zero-order valence-corrected chi connectivity index (χ0v) is 18.9. The van der Waals surface area contributed by atoms with Gasteiger partial charge in [0.2, 0.25) is 5.95 Å². The van der Waals surface area contributed by atoms with Gasteiger partial charge in [0, 0.05) is 37.9 Å². The quantitative estimate of drug-likeness (QED) is 0.757. The van der Waals surface area contributed by atoms with Gasteiger partial charge in [-0.3, -0.25) is 0 Å². The highest BCUT2D eigenvalue weighted by molar-refractivity contribution is 5.85. The molecule has 0 saturated carbocycles. The molecule has 1 fully saturated rings. The molecule has 0 unspecified atom stereocenters. The summed E-state index contributed by atoms with van der Waals surface area (Å²) in [6.07, 6.45) is 4.37. The summed E-state index contributed by atoms with van der Waals surface area (Å²) in [5.74, 6) is 0.848. The van der Waals surface area contributed by atoms with Gasteiger partial charge in [-0.1, -0.05) is 39.8 Å². The van der Waals surface area contributed by atoms with E-state index < -0.39 is 0 Å². The fourth-order valence-corrected chi connectivity index (χ4v) is 4.27. The predicted molar refractivity (Wildman–Crippen MR) is 122 cm³/mol. The minimum Gasteiger partial charge on any atom is -0.338 e. The van der Waals surface area contributed by atoms with Gasteiger partial charge in [-0.05, 0) is 46.9 Å². The molecule has 0 amide bonds. The maximum atomic E-state index is 4.89. The highest BCUT2D eigenvalue weighted by atomic mass is 35.5. The molecule has 1 aromatic heterocycles. The molecule has 154 valence electrons. The molecule has 2 heterocycles. The Kier molecular flexibility index (Phi) is 7.01. The van der Waals surface area contributed by atoms with Crippen molar-refractivity contribution < 1.29 is 0 Å². The van der Waals surface area contributed by atoms with Crippen molar-refractivity contribution in [1.29, 1.82) is 0 Å². The number of piperazine rings is 1. The van der Waals surface area contributed by atoms with Gasteiger partial charge in [-0.25, -0.2) is 9.97 Å². The van der Waals surface area contributed by atoms with Gasteiger partial charge in [0.25, 0.3) is 0 Å². The highest BCUT2D eigenvalue weighted by Gasteiger charge is 2.37. The standard InChI is InChI=1S/C22H30N4.2ClH/c1-21(2)8-9-22(3,4)18-15-16(5-6-17(18)21)19-7-10-24-20(25-19)26-13-11-23-12-14-26;;/h5-7,10,15,23H,8-9,11-14H2,1-4H3;2*1H. The number of fused-ring (bicyclic) bond motifs is 1. The van der Waals surface area contributed by atoms with Crippen molar-refractivity contribution in [2.75, 3.05) is 31.1 Å². The van der Waals surface area contributed by atoms with Crippen LogP contribution in [0, 0.1) is 0 Å². The van der Waals surface area contributed by atoms with Gasteiger partial charge in [0.05, 0.1) is 5.69 Å². The Morgan fingerprint density at radius 1 is 0.893 bits per heavy atom. The van der Waals surface area contributed by atoms with Gasteiger partial charge in [0.1, 0.15) is 0 Å². The summed E-state index contributed by atoms with van der Waals surface area (Å²) >= 11 is 0. The van der Waals surface area contributed by atoms with Crippen LogP contribution in [0.4, 0.5) is 5.95 Å². The number of aromatic nitrogens is 2. The van der Waals surface area contributed by atoms with E-state index in [1.807, 2.05) is 12.3 Å². The fourth-order valence-electron chi connectivity index (χ4n) is 4.27. The molecule has 1 aromatic carbocycles. The van der Waals surface area contributed by atoms with Gasteiger partial charge in [-0.15, -0.1) is 24.8 Å². The molecule has 4 nitrogen and oxygen atoms in total. The smallest absolute Gasteiger partial charge is 0.225 e. The summed E-state index contributed by atoms with van der Waals surface area (Å²) in [7, 11) is 0. The Bertz CT molecular complexity index is 814. The van der Waals surface area contributed by atoms with Crippen molar-refractivity contribution in [3.8, 4) is 11.3 Å². The van der Waals surface area contributed by atoms with E-state index in [9.17, 15) is 0 Å². The second-order valence-corrected chi connectivity index (χ2v) is 9.01. The summed E-state index contributed by atoms with van der Waals surface area (Å²) in [6.45, 7) is 13.4. The van der Waals surface area contributed by atoms with Gasteiger partial charge in [-0.2, -0.15) is 0 Å². The summed E-state index contributed by atoms with van der Waals surface area (Å²) in [4.78, 5) is 11.7. The molecule has 4 rings (SSSR count). The normalized spacial score (nSPS) is 19.8. The zero-order chi connectivity index (χ0) is 18.4. The predicted octanol–water partition coefficient (Wildman–Crippen LogP) is 4.75. The molecular formula is C22H32Cl2N4. The van der Waals surface area contributed by atoms with Crippen molar-refractivity contribution in [1.82, 2.24) is 15.3 Å². The summed E-state index contributed by atoms with van der Waals surface area (Å²) in [6, 6.07) is 8.98. The molecule has 6 heteroatoms. The molecule has 1 aliphatic heterocycles. The fraction of sp³-hybridized carbons (Fsp3) is 0.545. The lowest BCUT2D eigenvalue weighted by Crippen LogP contribution is -2.44. The number of benzene rings is 1. The third-order valence-electron chi connectivity index (χ3n) is 6.19. The van der Waals surface area contributed by atoms with Crippen molar-refractivity contribution >= 4 is 30.8 Å². The number of nitrogens with one attached hydrogen (secondary N) is 1. The topological polar surface area (TPSA) is 41.1 Å². The van der Waals surface area contributed by atoms with Gasteiger partial charge >= 0.3 is 0 Å². The van der Waals surface area contributed by atoms with Crippen molar-refractivity contribution in [3.05, 3.63) is 41.6 Å². The second kappa shape index (κ2) is 8.56. The summed E-state index contributed by atoms with van der Waals surface area (Å²) in [5.41, 5.74) is 5.67. The molecule has 1 N–H and O–H groups in total. The number of nitrogens with zero attached hydrogens (tertiary/aromatic N) is 3. The van der Waals surface area contributed by atoms with E-state index in [2.05, 4.69) is 61.1 Å². The Hall–Kier alpha value is -1.36. The molecule has 2 aliphatic rings. The Morgan fingerprint density at radius 3 is 2.21 bits per heavy atom. The van der Waals surface area contributed by atoms with Crippen molar-refractivity contribution in [2.45, 2.75) is 51.4 Å². The number of hydrogen-bond acceptors (Lipinski definition) is 4. The zero-order valence-electron chi connectivity index (χ0n) is 17.3. The Morgan fingerprint density at radius 2 is 1.54 bits per heavy atom. The lowest BCUT2D eigenvalue weighted by atomic mass is 9.63. The molecule has 0 atom stereocenters. The van der Waals surface area contributed by atoms with E-state index in [1.165, 1.54) is 29.5 Å². The van der Waals surface area contributed by atoms with E-state index in [0.717, 1.165) is 37.8 Å². The largest absolute Gasteiger partial charge is 0.338 e. The average Bonchev–Trinajstić information content (AvgIpc) is 2.66. The van der Waals surface area contributed by atoms with Crippen LogP contribution in [0.25, 0.3) is 11.3 Å². The first-order chi connectivity index (χ1) is 12.4. The van der Waals surface area contributed by atoms with E-state index in [-0.39, 0.29) is 35.6 Å². The molecular weight excluding hydrogens is 391 g/mol. The lowest BCUT2D eigenvalue weighted by Gasteiger charge is -2.42. The van der Waals surface area contributed by atoms with Crippen LogP contribution in [-0.2, 0) is 10.8 Å². The molecule has 1 saturated heterocycles. The second-order valence-electron chi connectivity index (χ2n) is 9.01. The van der Waals surface area contributed by atoms with Crippen LogP contribution in [0.15, 0.2) is 30.5 Å². The van der Waals surface area contributed by atoms with Gasteiger partial charge < -0.3 is 10.2 Å². The molecule has 0 radical (unpaired) electrons. The van der Waals surface area contributed by atoms with Crippen LogP contribution < -0.4 is 10.2 Å². The Labute approximate surface area is 181 Å². The SMILES string of the molecule is CC1(C)CCC(C)(C)c2cc(-c3ccnc(N4CCNCC4)n3)ccc21.Cl.Cl. The molecule has 0 spiro atoms. The maximum absolute atomic E-state index is 4.89. The first-order valence-corrected chi connectivity index (χ1v) is 9.81. The molecule has 0 bridgehead atoms. The van der Waals surface area contributed by atoms with Crippen LogP contribution in [0.5, 0.6) is 0 Å². The van der Waals surface area contributed by atoms with E-state index in [4.69, 9.17) is 4.98 Å². The number of hydrogen-bond donors (Lipinski definition) is 1. The number of rotatable bonds is 2. The van der Waals surface area contributed by atoms with Gasteiger partial charge in [0.15, 0.2) is 0 Å². The van der Waals surface area contributed by atoms with Crippen LogP contribution in [0.3, 0.4) is 0 Å². The summed E-state index contributed by atoms with van der Waals surface area (Å²) < 4.78 is 0. The highest BCUT2D eigenvalue weighted by Crippen LogP contribution is 2.46. The van der Waals surface area contributed by atoms with Crippen LogP contribution in [0.2, 0.25) is 0 Å². The third-order valence-corrected chi connectivity index (χ3v) is 6.19. The first-order valence-electron chi connectivity index (χ1n) is 9.81. The average molecular weight is 423 g/mol. The third kappa shape index (κ3) is 4.29. The number of halogens is 2. The maximum Gasteiger partial charge on any atom is 0.225 e. The van der Waals surface area contributed by atoms with Crippen molar-refractivity contribution in [3.63, 3.8) is 0 Å². The van der Waals surface area contributed by atoms with E-state index in [1.54, 1.807) is 0 Å². The summed E-state index contributed by atoms with van der Waals surface area (Å²) in [5, 5.41) is 3.38. The minimum absolute atomic E-state index is 0. The van der Waals surface area contributed by atoms with Crippen LogP contribution >= 0.6 is 24.8 Å². The van der Waals surface area contributed by atoms with Crippen LogP contribution in [-0.4, -0.2) is 36.1 Å². The number of anilines is 1. The molecule has 2 aromatic rings. The lowest BCUT2D eigenvalue weighted by molar-refractivity contribution is 0.332. The van der Waals surface area contributed by atoms with E-state index in [0.29, 0.717) is 0 Å². The molecule has 1 aliphatic carbocycles. The van der Waals surface area contributed by atoms with Crippen LogP contribution in [0.1, 0.15) is 51.7 Å². The monoisotopic (exact) mass is 422 g/mol. The Balaban J connectivity index is 0.00000140. The van der Waals surface area contributed by atoms with E-state index >= 15 is 0 Å². The minimum atomic E-state index is 0. The molecule has 28 heavy (non-hydrogen) atoms. The first kappa shape index (κ1) is 22.9. The van der Waals surface area contributed by atoms with Crippen molar-refractivity contribution in [2.24, 2.45) is 0 Å².